The maximum Gasteiger partial charge on any atom is 0.302 e. The first-order chi connectivity index (χ1) is 6.06. The Hall–Kier alpha value is -0.610. The summed E-state index contributed by atoms with van der Waals surface area (Å²) in [6, 6.07) is 0. The maximum atomic E-state index is 10.4. The summed E-state index contributed by atoms with van der Waals surface area (Å²) in [5.41, 5.74) is 0. The molecule has 78 valence electrons. The van der Waals surface area contributed by atoms with E-state index in [9.17, 15) is 4.79 Å². The zero-order chi connectivity index (χ0) is 10.3. The van der Waals surface area contributed by atoms with E-state index in [1.165, 1.54) is 6.92 Å². The van der Waals surface area contributed by atoms with Gasteiger partial charge in [-0.15, -0.1) is 0 Å². The van der Waals surface area contributed by atoms with Gasteiger partial charge in [0.2, 0.25) is 0 Å². The highest BCUT2D eigenvalue weighted by Gasteiger charge is 2.06. The Kier molecular flexibility index (Phi) is 6.54. The van der Waals surface area contributed by atoms with Crippen LogP contribution in [0.2, 0.25) is 0 Å². The third-order valence-electron chi connectivity index (χ3n) is 1.54. The van der Waals surface area contributed by atoms with Gasteiger partial charge in [-0.25, -0.2) is 0 Å². The van der Waals surface area contributed by atoms with Gasteiger partial charge in [-0.05, 0) is 13.8 Å². The number of ether oxygens (including phenoxy) is 3. The minimum Gasteiger partial charge on any atom is -0.463 e. The smallest absolute Gasteiger partial charge is 0.302 e. The lowest BCUT2D eigenvalue weighted by Gasteiger charge is -2.15. The van der Waals surface area contributed by atoms with E-state index in [1.54, 1.807) is 7.11 Å². The van der Waals surface area contributed by atoms with Crippen molar-refractivity contribution >= 4 is 5.97 Å². The number of hydrogen-bond acceptors (Lipinski definition) is 4. The molecule has 0 heterocycles. The molecular formula is C9H18O4. The molecule has 4 nitrogen and oxygen atoms in total. The first-order valence-corrected chi connectivity index (χ1v) is 4.34. The average molecular weight is 190 g/mol. The molecule has 0 unspecified atom stereocenters. The van der Waals surface area contributed by atoms with Gasteiger partial charge in [0.25, 0.3) is 0 Å². The second-order valence-electron chi connectivity index (χ2n) is 2.99. The van der Waals surface area contributed by atoms with Gasteiger partial charge >= 0.3 is 5.97 Å². The third-order valence-corrected chi connectivity index (χ3v) is 1.54. The largest absolute Gasteiger partial charge is 0.463 e. The van der Waals surface area contributed by atoms with Crippen LogP contribution in [0, 0.1) is 0 Å². The van der Waals surface area contributed by atoms with Crippen LogP contribution in [-0.2, 0) is 19.0 Å². The molecule has 2 atom stereocenters. The summed E-state index contributed by atoms with van der Waals surface area (Å²) < 4.78 is 15.1. The number of rotatable bonds is 6. The van der Waals surface area contributed by atoms with Crippen molar-refractivity contribution in [2.45, 2.75) is 33.0 Å². The van der Waals surface area contributed by atoms with Gasteiger partial charge in [0.05, 0.1) is 18.8 Å². The lowest BCUT2D eigenvalue weighted by molar-refractivity contribution is -0.145. The number of esters is 1. The molecule has 4 heteroatoms. The van der Waals surface area contributed by atoms with Crippen LogP contribution in [0.5, 0.6) is 0 Å². The molecule has 13 heavy (non-hydrogen) atoms. The molecule has 0 aliphatic rings. The van der Waals surface area contributed by atoms with Crippen LogP contribution in [0.15, 0.2) is 0 Å². The van der Waals surface area contributed by atoms with Gasteiger partial charge in [0.15, 0.2) is 0 Å². The standard InChI is InChI=1S/C9H18O4/c1-7(11-4)5-12-8(2)6-13-9(3)10/h7-8H,5-6H2,1-4H3/t7-,8-/m0/s1. The summed E-state index contributed by atoms with van der Waals surface area (Å²) >= 11 is 0. The Balaban J connectivity index is 3.39. The Morgan fingerprint density at radius 2 is 1.85 bits per heavy atom. The zero-order valence-electron chi connectivity index (χ0n) is 8.70. The fraction of sp³-hybridized carbons (Fsp3) is 0.889. The second kappa shape index (κ2) is 6.86. The van der Waals surface area contributed by atoms with E-state index >= 15 is 0 Å². The molecule has 0 rings (SSSR count). The van der Waals surface area contributed by atoms with Crippen molar-refractivity contribution in [2.24, 2.45) is 0 Å². The van der Waals surface area contributed by atoms with Gasteiger partial charge < -0.3 is 14.2 Å². The van der Waals surface area contributed by atoms with E-state index in [0.717, 1.165) is 0 Å². The fourth-order valence-electron chi connectivity index (χ4n) is 0.651. The van der Waals surface area contributed by atoms with Gasteiger partial charge in [-0.1, -0.05) is 0 Å². The van der Waals surface area contributed by atoms with Crippen LogP contribution in [0.4, 0.5) is 0 Å². The molecule has 0 saturated heterocycles. The summed E-state index contributed by atoms with van der Waals surface area (Å²) in [5, 5.41) is 0. The Morgan fingerprint density at radius 3 is 2.31 bits per heavy atom. The van der Waals surface area contributed by atoms with E-state index < -0.39 is 0 Å². The third kappa shape index (κ3) is 7.74. The lowest BCUT2D eigenvalue weighted by atomic mass is 10.4. The van der Waals surface area contributed by atoms with Crippen LogP contribution in [0.25, 0.3) is 0 Å². The molecule has 0 N–H and O–H groups in total. The van der Waals surface area contributed by atoms with Crippen molar-refractivity contribution in [1.82, 2.24) is 0 Å². The normalized spacial score (nSPS) is 15.1. The van der Waals surface area contributed by atoms with Gasteiger partial charge in [-0.3, -0.25) is 4.79 Å². The first-order valence-electron chi connectivity index (χ1n) is 4.34. The second-order valence-corrected chi connectivity index (χ2v) is 2.99. The molecule has 0 fully saturated rings. The summed E-state index contributed by atoms with van der Waals surface area (Å²) in [6.07, 6.45) is -0.0127. The lowest BCUT2D eigenvalue weighted by Crippen LogP contribution is -2.23. The van der Waals surface area contributed by atoms with Crippen molar-refractivity contribution < 1.29 is 19.0 Å². The molecule has 0 aliphatic carbocycles. The highest BCUT2D eigenvalue weighted by Crippen LogP contribution is 1.96. The summed E-state index contributed by atoms with van der Waals surface area (Å²) in [5.74, 6) is -0.282. The Bertz CT molecular complexity index is 147. The highest BCUT2D eigenvalue weighted by atomic mass is 16.6. The summed E-state index contributed by atoms with van der Waals surface area (Å²) in [6.45, 7) is 5.96. The van der Waals surface area contributed by atoms with E-state index in [4.69, 9.17) is 14.2 Å². The zero-order valence-corrected chi connectivity index (χ0v) is 8.70. The van der Waals surface area contributed by atoms with E-state index in [0.29, 0.717) is 13.2 Å². The average Bonchev–Trinajstić information content (AvgIpc) is 2.10. The molecule has 0 amide bonds. The van der Waals surface area contributed by atoms with Crippen molar-refractivity contribution in [2.75, 3.05) is 20.3 Å². The van der Waals surface area contributed by atoms with Gasteiger partial charge in [0.1, 0.15) is 6.61 Å². The molecule has 0 radical (unpaired) electrons. The Morgan fingerprint density at radius 1 is 1.23 bits per heavy atom. The summed E-state index contributed by atoms with van der Waals surface area (Å²) in [7, 11) is 1.63. The monoisotopic (exact) mass is 190 g/mol. The molecule has 0 aromatic heterocycles. The fourth-order valence-corrected chi connectivity index (χ4v) is 0.651. The van der Waals surface area contributed by atoms with E-state index in [2.05, 4.69) is 0 Å². The van der Waals surface area contributed by atoms with Crippen molar-refractivity contribution in [1.29, 1.82) is 0 Å². The van der Waals surface area contributed by atoms with Crippen LogP contribution in [-0.4, -0.2) is 38.5 Å². The SMILES string of the molecule is CO[C@@H](C)CO[C@@H](C)COC(C)=O. The number of hydrogen-bond donors (Lipinski definition) is 0. The predicted molar refractivity (Wildman–Crippen MR) is 48.5 cm³/mol. The highest BCUT2D eigenvalue weighted by molar-refractivity contribution is 5.65. The van der Waals surface area contributed by atoms with Gasteiger partial charge in [0, 0.05) is 14.0 Å². The molecule has 0 aromatic carbocycles. The maximum absolute atomic E-state index is 10.4. The van der Waals surface area contributed by atoms with Crippen molar-refractivity contribution in [3.63, 3.8) is 0 Å². The predicted octanol–water partition coefficient (Wildman–Crippen LogP) is 0.989. The molecule has 0 aromatic rings. The number of methoxy groups -OCH3 is 1. The molecule has 0 spiro atoms. The minimum absolute atomic E-state index is 0.0692. The quantitative estimate of drug-likeness (QED) is 0.586. The molecule has 0 bridgehead atoms. The topological polar surface area (TPSA) is 44.8 Å². The van der Waals surface area contributed by atoms with E-state index in [1.807, 2.05) is 13.8 Å². The van der Waals surface area contributed by atoms with Crippen molar-refractivity contribution in [3.05, 3.63) is 0 Å². The van der Waals surface area contributed by atoms with Crippen LogP contribution in [0.3, 0.4) is 0 Å². The molecular weight excluding hydrogens is 172 g/mol. The van der Waals surface area contributed by atoms with E-state index in [-0.39, 0.29) is 18.2 Å². The minimum atomic E-state index is -0.282. The van der Waals surface area contributed by atoms with Crippen LogP contribution >= 0.6 is 0 Å². The van der Waals surface area contributed by atoms with Crippen molar-refractivity contribution in [3.8, 4) is 0 Å². The molecule has 0 saturated carbocycles. The van der Waals surface area contributed by atoms with Crippen LogP contribution in [0.1, 0.15) is 20.8 Å². The first kappa shape index (κ1) is 12.4. The summed E-state index contributed by atoms with van der Waals surface area (Å²) in [4.78, 5) is 10.4. The van der Waals surface area contributed by atoms with Crippen LogP contribution < -0.4 is 0 Å². The van der Waals surface area contributed by atoms with Gasteiger partial charge in [-0.2, -0.15) is 0 Å². The number of carbonyl (C=O) groups is 1. The Labute approximate surface area is 79.2 Å². The molecule has 0 aliphatic heterocycles. The number of carbonyl (C=O) groups excluding carboxylic acids is 1.